The molecule has 0 radical (unpaired) electrons. The van der Waals surface area contributed by atoms with Gasteiger partial charge >= 0.3 is 0 Å². The maximum Gasteiger partial charge on any atom is 0.229 e. The molecule has 1 aliphatic rings. The monoisotopic (exact) mass is 436 g/mol. The Morgan fingerprint density at radius 1 is 1.09 bits per heavy atom. The van der Waals surface area contributed by atoms with Gasteiger partial charge < -0.3 is 19.7 Å². The van der Waals surface area contributed by atoms with E-state index < -0.39 is 0 Å². The van der Waals surface area contributed by atoms with Gasteiger partial charge in [-0.25, -0.2) is 14.4 Å². The number of hydrogen-bond donors (Lipinski definition) is 1. The normalized spacial score (nSPS) is 15.8. The van der Waals surface area contributed by atoms with Gasteiger partial charge in [-0.2, -0.15) is 0 Å². The standard InChI is InChI=1S/C24H25FN4O3/c1-31-20-8-9-21(22(12-20)32-2)28-23(30)17-6-4-10-29(15-17)24-26-13-18(14-27-24)16-5-3-7-19(25)11-16/h3,5,7-9,11-14,17H,4,6,10,15H2,1-2H3,(H,28,30)/t17-/m1/s1. The van der Waals surface area contributed by atoms with Gasteiger partial charge in [-0.15, -0.1) is 0 Å². The van der Waals surface area contributed by atoms with Gasteiger partial charge in [0.25, 0.3) is 0 Å². The molecule has 1 aliphatic heterocycles. The zero-order chi connectivity index (χ0) is 22.5. The fourth-order valence-corrected chi connectivity index (χ4v) is 3.81. The molecule has 1 atom stereocenters. The lowest BCUT2D eigenvalue weighted by molar-refractivity contribution is -0.120. The minimum Gasteiger partial charge on any atom is -0.497 e. The van der Waals surface area contributed by atoms with Crippen molar-refractivity contribution in [1.29, 1.82) is 0 Å². The molecule has 1 saturated heterocycles. The molecule has 3 aromatic rings. The van der Waals surface area contributed by atoms with Gasteiger partial charge in [0.1, 0.15) is 17.3 Å². The van der Waals surface area contributed by atoms with E-state index in [9.17, 15) is 9.18 Å². The summed E-state index contributed by atoms with van der Waals surface area (Å²) in [4.78, 5) is 23.9. The van der Waals surface area contributed by atoms with E-state index in [1.165, 1.54) is 12.1 Å². The first kappa shape index (κ1) is 21.5. The average molecular weight is 436 g/mol. The summed E-state index contributed by atoms with van der Waals surface area (Å²) in [6.45, 7) is 1.29. The maximum atomic E-state index is 13.5. The van der Waals surface area contributed by atoms with Crippen LogP contribution in [0.3, 0.4) is 0 Å². The van der Waals surface area contributed by atoms with Crippen LogP contribution in [-0.2, 0) is 4.79 Å². The second-order valence-corrected chi connectivity index (χ2v) is 7.62. The van der Waals surface area contributed by atoms with Crippen molar-refractivity contribution < 1.29 is 18.7 Å². The molecule has 0 aliphatic carbocycles. The lowest BCUT2D eigenvalue weighted by atomic mass is 9.97. The zero-order valence-corrected chi connectivity index (χ0v) is 18.0. The second-order valence-electron chi connectivity index (χ2n) is 7.62. The molecular weight excluding hydrogens is 411 g/mol. The number of methoxy groups -OCH3 is 2. The van der Waals surface area contributed by atoms with Gasteiger partial charge in [0, 0.05) is 37.1 Å². The second kappa shape index (κ2) is 9.64. The molecule has 0 bridgehead atoms. The first-order valence-electron chi connectivity index (χ1n) is 10.4. The Morgan fingerprint density at radius 2 is 1.91 bits per heavy atom. The van der Waals surface area contributed by atoms with Crippen molar-refractivity contribution in [3.05, 3.63) is 60.7 Å². The molecular formula is C24H25FN4O3. The fourth-order valence-electron chi connectivity index (χ4n) is 3.81. The number of rotatable bonds is 6. The Bertz CT molecular complexity index is 1090. The number of anilines is 2. The molecule has 1 aromatic heterocycles. The third-order valence-corrected chi connectivity index (χ3v) is 5.54. The molecule has 7 nitrogen and oxygen atoms in total. The number of aromatic nitrogens is 2. The smallest absolute Gasteiger partial charge is 0.229 e. The lowest BCUT2D eigenvalue weighted by Crippen LogP contribution is -2.41. The predicted octanol–water partition coefficient (Wildman–Crippen LogP) is 4.16. The molecule has 32 heavy (non-hydrogen) atoms. The van der Waals surface area contributed by atoms with Gasteiger partial charge in [0.2, 0.25) is 11.9 Å². The van der Waals surface area contributed by atoms with Crippen molar-refractivity contribution in [3.63, 3.8) is 0 Å². The summed E-state index contributed by atoms with van der Waals surface area (Å²) in [5, 5.41) is 2.97. The van der Waals surface area contributed by atoms with E-state index in [0.29, 0.717) is 29.7 Å². The van der Waals surface area contributed by atoms with E-state index >= 15 is 0 Å². The van der Waals surface area contributed by atoms with Crippen molar-refractivity contribution in [2.45, 2.75) is 12.8 Å². The van der Waals surface area contributed by atoms with Crippen molar-refractivity contribution in [3.8, 4) is 22.6 Å². The Morgan fingerprint density at radius 3 is 2.62 bits per heavy atom. The molecule has 4 rings (SSSR count). The Kier molecular flexibility index (Phi) is 6.49. The van der Waals surface area contributed by atoms with Gasteiger partial charge in [0.05, 0.1) is 25.8 Å². The van der Waals surface area contributed by atoms with Crippen LogP contribution in [0.5, 0.6) is 11.5 Å². The number of piperidine rings is 1. The van der Waals surface area contributed by atoms with E-state index in [-0.39, 0.29) is 17.6 Å². The van der Waals surface area contributed by atoms with E-state index in [4.69, 9.17) is 9.47 Å². The van der Waals surface area contributed by atoms with Gasteiger partial charge in [-0.05, 0) is 42.7 Å². The molecule has 1 N–H and O–H groups in total. The van der Waals surface area contributed by atoms with Gasteiger partial charge in [-0.1, -0.05) is 12.1 Å². The highest BCUT2D eigenvalue weighted by Crippen LogP contribution is 2.30. The summed E-state index contributed by atoms with van der Waals surface area (Å²) < 4.78 is 24.1. The molecule has 8 heteroatoms. The largest absolute Gasteiger partial charge is 0.497 e. The van der Waals surface area contributed by atoms with E-state index in [1.54, 1.807) is 50.9 Å². The third-order valence-electron chi connectivity index (χ3n) is 5.54. The minimum atomic E-state index is -0.301. The molecule has 166 valence electrons. The number of nitrogens with zero attached hydrogens (tertiary/aromatic N) is 3. The number of nitrogens with one attached hydrogen (secondary N) is 1. The molecule has 0 spiro atoms. The molecule has 0 unspecified atom stereocenters. The number of carbonyl (C=O) groups excluding carboxylic acids is 1. The Balaban J connectivity index is 1.43. The van der Waals surface area contributed by atoms with Crippen LogP contribution in [0.25, 0.3) is 11.1 Å². The molecule has 1 fully saturated rings. The topological polar surface area (TPSA) is 76.6 Å². The Labute approximate surface area is 186 Å². The predicted molar refractivity (Wildman–Crippen MR) is 121 cm³/mol. The van der Waals surface area contributed by atoms with Crippen molar-refractivity contribution >= 4 is 17.5 Å². The minimum absolute atomic E-state index is 0.0745. The lowest BCUT2D eigenvalue weighted by Gasteiger charge is -2.32. The van der Waals surface area contributed by atoms with E-state index in [1.807, 2.05) is 11.0 Å². The Hall–Kier alpha value is -3.68. The van der Waals surface area contributed by atoms with Crippen LogP contribution in [0.1, 0.15) is 12.8 Å². The van der Waals surface area contributed by atoms with E-state index in [0.717, 1.165) is 30.5 Å². The van der Waals surface area contributed by atoms with Crippen LogP contribution in [0.15, 0.2) is 54.9 Å². The van der Waals surface area contributed by atoms with Crippen LogP contribution in [0, 0.1) is 11.7 Å². The van der Waals surface area contributed by atoms with Crippen LogP contribution in [-0.4, -0.2) is 43.2 Å². The molecule has 0 saturated carbocycles. The first-order valence-corrected chi connectivity index (χ1v) is 10.4. The summed E-state index contributed by atoms with van der Waals surface area (Å²) in [7, 11) is 3.13. The summed E-state index contributed by atoms with van der Waals surface area (Å²) in [6.07, 6.45) is 5.00. The number of ether oxygens (including phenoxy) is 2. The summed E-state index contributed by atoms with van der Waals surface area (Å²) in [5.41, 5.74) is 2.07. The maximum absolute atomic E-state index is 13.5. The SMILES string of the molecule is COc1ccc(NC(=O)[C@@H]2CCCN(c3ncc(-c4cccc(F)c4)cn3)C2)c(OC)c1. The van der Waals surface area contributed by atoms with Crippen molar-refractivity contribution in [1.82, 2.24) is 9.97 Å². The molecule has 1 amide bonds. The summed E-state index contributed by atoms with van der Waals surface area (Å²) in [6, 6.07) is 11.6. The fraction of sp³-hybridized carbons (Fsp3) is 0.292. The number of benzene rings is 2. The highest BCUT2D eigenvalue weighted by Gasteiger charge is 2.27. The molecule has 2 heterocycles. The van der Waals surface area contributed by atoms with Crippen LogP contribution in [0.4, 0.5) is 16.0 Å². The van der Waals surface area contributed by atoms with Crippen LogP contribution in [0.2, 0.25) is 0 Å². The zero-order valence-electron chi connectivity index (χ0n) is 18.0. The summed E-state index contributed by atoms with van der Waals surface area (Å²) in [5.74, 6) is 1.18. The number of carbonyl (C=O) groups is 1. The van der Waals surface area contributed by atoms with Crippen molar-refractivity contribution in [2.24, 2.45) is 5.92 Å². The molecule has 2 aromatic carbocycles. The first-order chi connectivity index (χ1) is 15.6. The highest BCUT2D eigenvalue weighted by atomic mass is 19.1. The number of halogens is 1. The average Bonchev–Trinajstić information content (AvgIpc) is 2.84. The summed E-state index contributed by atoms with van der Waals surface area (Å²) >= 11 is 0. The van der Waals surface area contributed by atoms with E-state index in [2.05, 4.69) is 15.3 Å². The number of amides is 1. The van der Waals surface area contributed by atoms with Gasteiger partial charge in [-0.3, -0.25) is 4.79 Å². The van der Waals surface area contributed by atoms with Crippen LogP contribution < -0.4 is 19.7 Å². The van der Waals surface area contributed by atoms with Crippen LogP contribution >= 0.6 is 0 Å². The highest BCUT2D eigenvalue weighted by molar-refractivity contribution is 5.94. The van der Waals surface area contributed by atoms with Gasteiger partial charge in [0.15, 0.2) is 0 Å². The number of hydrogen-bond acceptors (Lipinski definition) is 6. The third kappa shape index (κ3) is 4.80. The van der Waals surface area contributed by atoms with Crippen molar-refractivity contribution in [2.75, 3.05) is 37.5 Å². The quantitative estimate of drug-likeness (QED) is 0.626.